The largest absolute Gasteiger partial charge is 0.353 e. The second kappa shape index (κ2) is 2.90. The molecule has 0 saturated heterocycles. The van der Waals surface area contributed by atoms with Crippen molar-refractivity contribution in [3.8, 4) is 0 Å². The van der Waals surface area contributed by atoms with E-state index in [0.29, 0.717) is 11.4 Å². The van der Waals surface area contributed by atoms with Crippen LogP contribution < -0.4 is 4.90 Å². The van der Waals surface area contributed by atoms with Crippen LogP contribution in [0.15, 0.2) is 12.3 Å². The molecule has 0 bridgehead atoms. The Morgan fingerprint density at radius 2 is 2.21 bits per heavy atom. The Labute approximate surface area is 81.6 Å². The highest BCUT2D eigenvalue weighted by Gasteiger charge is 2.37. The van der Waals surface area contributed by atoms with Crippen molar-refractivity contribution in [2.24, 2.45) is 0 Å². The molecule has 0 spiro atoms. The molecule has 0 unspecified atom stereocenters. The monoisotopic (exact) mass is 198 g/mol. The minimum atomic E-state index is -2.63. The lowest BCUT2D eigenvalue weighted by Gasteiger charge is -2.32. The summed E-state index contributed by atoms with van der Waals surface area (Å²) in [5.41, 5.74) is 1.56. The van der Waals surface area contributed by atoms with Crippen LogP contribution in [0, 0.1) is 6.92 Å². The Bertz CT molecular complexity index is 363. The highest BCUT2D eigenvalue weighted by atomic mass is 19.3. The van der Waals surface area contributed by atoms with Crippen molar-refractivity contribution in [2.75, 3.05) is 18.5 Å². The molecular weight excluding hydrogens is 186 g/mol. The second-order valence-corrected chi connectivity index (χ2v) is 3.82. The van der Waals surface area contributed by atoms with E-state index in [1.165, 1.54) is 4.90 Å². The van der Waals surface area contributed by atoms with Crippen LogP contribution in [0.1, 0.15) is 11.1 Å². The average molecular weight is 198 g/mol. The van der Waals surface area contributed by atoms with Gasteiger partial charge in [-0.05, 0) is 18.6 Å². The van der Waals surface area contributed by atoms with Gasteiger partial charge in [-0.3, -0.25) is 0 Å². The van der Waals surface area contributed by atoms with E-state index in [9.17, 15) is 8.78 Å². The Balaban J connectivity index is 2.51. The summed E-state index contributed by atoms with van der Waals surface area (Å²) < 4.78 is 26.5. The van der Waals surface area contributed by atoms with Gasteiger partial charge < -0.3 is 4.90 Å². The molecule has 1 aliphatic rings. The standard InChI is InChI=1S/C10H12F2N2/c1-7-3-4-13-9-8(7)5-10(11,12)6-14(9)2/h3-4H,5-6H2,1-2H3. The predicted molar refractivity (Wildman–Crippen MR) is 50.9 cm³/mol. The van der Waals surface area contributed by atoms with E-state index in [-0.39, 0.29) is 13.0 Å². The molecule has 14 heavy (non-hydrogen) atoms. The van der Waals surface area contributed by atoms with E-state index < -0.39 is 5.92 Å². The SMILES string of the molecule is Cc1ccnc2c1CC(F)(F)CN2C. The summed E-state index contributed by atoms with van der Waals surface area (Å²) in [5, 5.41) is 0. The quantitative estimate of drug-likeness (QED) is 0.634. The molecule has 0 atom stereocenters. The molecule has 2 nitrogen and oxygen atoms in total. The van der Waals surface area contributed by atoms with E-state index in [1.807, 2.05) is 6.92 Å². The molecule has 1 aliphatic heterocycles. The molecule has 2 heterocycles. The molecule has 0 N–H and O–H groups in total. The maximum atomic E-state index is 13.2. The summed E-state index contributed by atoms with van der Waals surface area (Å²) in [5.74, 6) is -1.94. The zero-order valence-electron chi connectivity index (χ0n) is 8.22. The van der Waals surface area contributed by atoms with Gasteiger partial charge in [0, 0.05) is 25.2 Å². The minimum absolute atomic E-state index is 0.188. The molecule has 4 heteroatoms. The lowest BCUT2D eigenvalue weighted by molar-refractivity contribution is 0.00603. The van der Waals surface area contributed by atoms with Crippen molar-refractivity contribution in [1.82, 2.24) is 4.98 Å². The highest BCUT2D eigenvalue weighted by molar-refractivity contribution is 5.52. The normalized spacial score (nSPS) is 19.3. The average Bonchev–Trinajstić information content (AvgIpc) is 2.05. The predicted octanol–water partition coefficient (Wildman–Crippen LogP) is 2.02. The summed E-state index contributed by atoms with van der Waals surface area (Å²) in [4.78, 5) is 5.64. The van der Waals surface area contributed by atoms with Gasteiger partial charge in [-0.1, -0.05) is 0 Å². The third-order valence-electron chi connectivity index (χ3n) is 2.53. The van der Waals surface area contributed by atoms with E-state index >= 15 is 0 Å². The zero-order chi connectivity index (χ0) is 10.3. The highest BCUT2D eigenvalue weighted by Crippen LogP contribution is 2.33. The maximum Gasteiger partial charge on any atom is 0.269 e. The van der Waals surface area contributed by atoms with E-state index in [1.54, 1.807) is 19.3 Å². The van der Waals surface area contributed by atoms with Crippen molar-refractivity contribution in [3.63, 3.8) is 0 Å². The lowest BCUT2D eigenvalue weighted by atomic mass is 9.99. The molecule has 0 saturated carbocycles. The van der Waals surface area contributed by atoms with Crippen molar-refractivity contribution in [2.45, 2.75) is 19.3 Å². The first kappa shape index (κ1) is 9.37. The summed E-state index contributed by atoms with van der Waals surface area (Å²) in [6.45, 7) is 1.60. The number of rotatable bonds is 0. The van der Waals surface area contributed by atoms with Gasteiger partial charge in [-0.2, -0.15) is 0 Å². The van der Waals surface area contributed by atoms with Crippen LogP contribution in [-0.2, 0) is 6.42 Å². The van der Waals surface area contributed by atoms with Crippen LogP contribution in [0.25, 0.3) is 0 Å². The number of nitrogens with zero attached hydrogens (tertiary/aromatic N) is 2. The molecule has 2 rings (SSSR count). The van der Waals surface area contributed by atoms with Crippen molar-refractivity contribution in [3.05, 3.63) is 23.4 Å². The molecule has 0 aromatic carbocycles. The minimum Gasteiger partial charge on any atom is -0.353 e. The summed E-state index contributed by atoms with van der Waals surface area (Å²) in [6.07, 6.45) is 1.47. The molecular formula is C10H12F2N2. The fourth-order valence-electron chi connectivity index (χ4n) is 1.86. The first-order valence-electron chi connectivity index (χ1n) is 4.53. The molecule has 1 aromatic heterocycles. The number of halogens is 2. The van der Waals surface area contributed by atoms with Crippen LogP contribution in [0.2, 0.25) is 0 Å². The van der Waals surface area contributed by atoms with E-state index in [4.69, 9.17) is 0 Å². The number of pyridine rings is 1. The second-order valence-electron chi connectivity index (χ2n) is 3.82. The number of fused-ring (bicyclic) bond motifs is 1. The third-order valence-corrected chi connectivity index (χ3v) is 2.53. The molecule has 0 aliphatic carbocycles. The number of aromatic nitrogens is 1. The van der Waals surface area contributed by atoms with Crippen LogP contribution in [0.4, 0.5) is 14.6 Å². The Morgan fingerprint density at radius 3 is 2.93 bits per heavy atom. The van der Waals surface area contributed by atoms with Crippen molar-refractivity contribution in [1.29, 1.82) is 0 Å². The lowest BCUT2D eigenvalue weighted by Crippen LogP contribution is -2.41. The van der Waals surface area contributed by atoms with Gasteiger partial charge in [0.1, 0.15) is 5.82 Å². The van der Waals surface area contributed by atoms with Crippen LogP contribution in [-0.4, -0.2) is 24.5 Å². The summed E-state index contributed by atoms with van der Waals surface area (Å²) in [6, 6.07) is 1.77. The van der Waals surface area contributed by atoms with Gasteiger partial charge in [0.25, 0.3) is 5.92 Å². The third kappa shape index (κ3) is 1.45. The van der Waals surface area contributed by atoms with Gasteiger partial charge >= 0.3 is 0 Å². The van der Waals surface area contributed by atoms with Crippen molar-refractivity contribution < 1.29 is 8.78 Å². The summed E-state index contributed by atoms with van der Waals surface area (Å²) >= 11 is 0. The Kier molecular flexibility index (Phi) is 1.94. The molecule has 1 aromatic rings. The van der Waals surface area contributed by atoms with Gasteiger partial charge in [0.2, 0.25) is 0 Å². The number of hydrogen-bond donors (Lipinski definition) is 0. The van der Waals surface area contributed by atoms with E-state index in [0.717, 1.165) is 5.56 Å². The van der Waals surface area contributed by atoms with Gasteiger partial charge in [-0.25, -0.2) is 13.8 Å². The Morgan fingerprint density at radius 1 is 1.50 bits per heavy atom. The van der Waals surface area contributed by atoms with Gasteiger partial charge in [0.15, 0.2) is 0 Å². The molecule has 0 fully saturated rings. The molecule has 0 radical (unpaired) electrons. The van der Waals surface area contributed by atoms with Crippen molar-refractivity contribution >= 4 is 5.82 Å². The fraction of sp³-hybridized carbons (Fsp3) is 0.500. The molecule has 0 amide bonds. The number of anilines is 1. The topological polar surface area (TPSA) is 16.1 Å². The fourth-order valence-corrected chi connectivity index (χ4v) is 1.86. The van der Waals surface area contributed by atoms with Gasteiger partial charge in [0.05, 0.1) is 6.54 Å². The van der Waals surface area contributed by atoms with Gasteiger partial charge in [-0.15, -0.1) is 0 Å². The first-order valence-corrected chi connectivity index (χ1v) is 4.53. The summed E-state index contributed by atoms with van der Waals surface area (Å²) in [7, 11) is 1.65. The van der Waals surface area contributed by atoms with Crippen LogP contribution in [0.5, 0.6) is 0 Å². The van der Waals surface area contributed by atoms with Crippen LogP contribution in [0.3, 0.4) is 0 Å². The maximum absolute atomic E-state index is 13.2. The number of hydrogen-bond acceptors (Lipinski definition) is 2. The zero-order valence-corrected chi connectivity index (χ0v) is 8.22. The number of aryl methyl sites for hydroxylation is 1. The van der Waals surface area contributed by atoms with E-state index in [2.05, 4.69) is 4.98 Å². The smallest absolute Gasteiger partial charge is 0.269 e. The first-order chi connectivity index (χ1) is 6.49. The Hall–Kier alpha value is -1.19. The number of alkyl halides is 2. The molecule has 76 valence electrons. The van der Waals surface area contributed by atoms with Crippen LogP contribution >= 0.6 is 0 Å².